The quantitative estimate of drug-likeness (QED) is 0.265. The summed E-state index contributed by atoms with van der Waals surface area (Å²) in [4.78, 5) is 0. The lowest BCUT2D eigenvalue weighted by Gasteiger charge is -2.31. The molecule has 0 fully saturated rings. The zero-order valence-corrected chi connectivity index (χ0v) is 20.7. The smallest absolute Gasteiger partial charge is 0.179 e. The molecule has 0 amide bonds. The summed E-state index contributed by atoms with van der Waals surface area (Å²) in [6, 6.07) is 52.2. The van der Waals surface area contributed by atoms with E-state index in [4.69, 9.17) is 0 Å². The molecule has 0 saturated carbocycles. The highest BCUT2D eigenvalue weighted by Crippen LogP contribution is 2.65. The molecule has 0 bridgehead atoms. The van der Waals surface area contributed by atoms with E-state index in [1.807, 2.05) is 60.7 Å². The van der Waals surface area contributed by atoms with Gasteiger partial charge in [0.05, 0.1) is 0 Å². The first-order chi connectivity index (χ1) is 16.7. The van der Waals surface area contributed by atoms with Crippen molar-refractivity contribution in [2.75, 3.05) is 5.90 Å². The third-order valence-electron chi connectivity index (χ3n) is 6.35. The molecule has 3 heteroatoms. The fourth-order valence-corrected chi connectivity index (χ4v) is 14.9. The van der Waals surface area contributed by atoms with Crippen LogP contribution in [0.2, 0.25) is 0 Å². The predicted molar refractivity (Wildman–Crippen MR) is 150 cm³/mol. The van der Waals surface area contributed by atoms with E-state index in [-0.39, 0.29) is 0 Å². The van der Waals surface area contributed by atoms with Crippen molar-refractivity contribution in [1.29, 1.82) is 0 Å². The number of hydrogen-bond acceptors (Lipinski definition) is 1. The van der Waals surface area contributed by atoms with E-state index in [1.54, 1.807) is 0 Å². The van der Waals surface area contributed by atoms with Crippen molar-refractivity contribution < 1.29 is 4.57 Å². The van der Waals surface area contributed by atoms with E-state index in [0.29, 0.717) is 5.90 Å². The van der Waals surface area contributed by atoms with Gasteiger partial charge in [-0.3, -0.25) is 0 Å². The van der Waals surface area contributed by atoms with E-state index >= 15 is 4.57 Å². The second-order valence-corrected chi connectivity index (χ2v) is 15.2. The molecule has 0 aliphatic rings. The number of hydrogen-bond donors (Lipinski definition) is 0. The fraction of sp³-hybridized carbons (Fsp3) is 0.0323. The van der Waals surface area contributed by atoms with E-state index in [9.17, 15) is 0 Å². The highest BCUT2D eigenvalue weighted by molar-refractivity contribution is 8.04. The van der Waals surface area contributed by atoms with Gasteiger partial charge in [-0.15, -0.1) is 0 Å². The second-order valence-electron chi connectivity index (χ2n) is 8.37. The van der Waals surface area contributed by atoms with Crippen molar-refractivity contribution in [2.45, 2.75) is 0 Å². The summed E-state index contributed by atoms with van der Waals surface area (Å²) in [5.41, 5.74) is 0. The van der Waals surface area contributed by atoms with Crippen molar-refractivity contribution in [3.63, 3.8) is 0 Å². The van der Waals surface area contributed by atoms with Crippen molar-refractivity contribution in [1.82, 2.24) is 0 Å². The molecule has 0 radical (unpaired) electrons. The van der Waals surface area contributed by atoms with E-state index < -0.39 is 14.4 Å². The minimum Gasteiger partial charge on any atom is -0.310 e. The van der Waals surface area contributed by atoms with Gasteiger partial charge in [0.1, 0.15) is 29.1 Å². The minimum atomic E-state index is -2.99. The topological polar surface area (TPSA) is 17.1 Å². The maximum absolute atomic E-state index is 15.4. The van der Waals surface area contributed by atoms with Crippen LogP contribution in [0.4, 0.5) is 0 Å². The molecule has 0 aliphatic heterocycles. The molecule has 34 heavy (non-hydrogen) atoms. The van der Waals surface area contributed by atoms with Crippen LogP contribution in [0.3, 0.4) is 0 Å². The van der Waals surface area contributed by atoms with E-state index in [0.717, 1.165) is 10.6 Å². The summed E-state index contributed by atoms with van der Waals surface area (Å²) >= 11 is 0. The van der Waals surface area contributed by atoms with Crippen LogP contribution in [-0.2, 0) is 4.57 Å². The van der Waals surface area contributed by atoms with Gasteiger partial charge in [-0.25, -0.2) is 0 Å². The molecule has 166 valence electrons. The van der Waals surface area contributed by atoms with Crippen LogP contribution < -0.4 is 26.5 Å². The molecule has 0 N–H and O–H groups in total. The van der Waals surface area contributed by atoms with E-state index in [1.165, 1.54) is 15.9 Å². The van der Waals surface area contributed by atoms with Crippen LogP contribution in [-0.4, -0.2) is 5.90 Å². The highest BCUT2D eigenvalue weighted by atomic mass is 31.2. The highest BCUT2D eigenvalue weighted by Gasteiger charge is 2.51. The van der Waals surface area contributed by atoms with Gasteiger partial charge in [-0.2, -0.15) is 0 Å². The summed E-state index contributed by atoms with van der Waals surface area (Å²) in [6.07, 6.45) is 0. The maximum Gasteiger partial charge on any atom is 0.179 e. The molecule has 0 aromatic heterocycles. The average molecular weight is 478 g/mol. The third-order valence-corrected chi connectivity index (χ3v) is 15.4. The summed E-state index contributed by atoms with van der Waals surface area (Å²) < 4.78 is 15.4. The fourth-order valence-electron chi connectivity index (χ4n) is 4.69. The van der Waals surface area contributed by atoms with E-state index in [2.05, 4.69) is 91.0 Å². The third kappa shape index (κ3) is 4.19. The first kappa shape index (κ1) is 22.5. The van der Waals surface area contributed by atoms with Gasteiger partial charge in [0, 0.05) is 10.6 Å². The Morgan fingerprint density at radius 1 is 0.412 bits per heavy atom. The molecule has 1 nitrogen and oxygen atoms in total. The van der Waals surface area contributed by atoms with Crippen LogP contribution in [0.25, 0.3) is 0 Å². The molecule has 5 rings (SSSR count). The molecular formula is C31H27OP2+. The largest absolute Gasteiger partial charge is 0.310 e. The lowest BCUT2D eigenvalue weighted by atomic mass is 10.4. The lowest BCUT2D eigenvalue weighted by Crippen LogP contribution is -2.35. The van der Waals surface area contributed by atoms with Crippen molar-refractivity contribution in [3.05, 3.63) is 152 Å². The Kier molecular flexibility index (Phi) is 6.59. The van der Waals surface area contributed by atoms with Crippen LogP contribution >= 0.6 is 14.4 Å². The van der Waals surface area contributed by atoms with Crippen LogP contribution in [0.5, 0.6) is 0 Å². The minimum absolute atomic E-state index is 0.562. The van der Waals surface area contributed by atoms with Gasteiger partial charge in [0.15, 0.2) is 7.14 Å². The molecule has 5 aromatic rings. The zero-order chi connectivity index (χ0) is 23.3. The number of rotatable bonds is 7. The summed E-state index contributed by atoms with van der Waals surface area (Å²) in [5, 5.41) is 5.57. The Hall–Kier alpha value is -3.24. The van der Waals surface area contributed by atoms with Crippen LogP contribution in [0.1, 0.15) is 0 Å². The molecule has 0 atom stereocenters. The summed E-state index contributed by atoms with van der Waals surface area (Å²) in [5.74, 6) is 0.562. The molecule has 5 aromatic carbocycles. The van der Waals surface area contributed by atoms with Crippen molar-refractivity contribution in [2.24, 2.45) is 0 Å². The SMILES string of the molecule is O=P(C[P+](c1ccccc1)(c1ccccc1)c1ccccc1)(c1ccccc1)c1ccccc1. The molecule has 0 unspecified atom stereocenters. The Bertz CT molecular complexity index is 1230. The van der Waals surface area contributed by atoms with Gasteiger partial charge in [0.25, 0.3) is 0 Å². The average Bonchev–Trinajstić information content (AvgIpc) is 2.94. The Morgan fingerprint density at radius 3 is 0.971 bits per heavy atom. The first-order valence-corrected chi connectivity index (χ1v) is 15.4. The first-order valence-electron chi connectivity index (χ1n) is 11.5. The van der Waals surface area contributed by atoms with Crippen molar-refractivity contribution >= 4 is 40.9 Å². The predicted octanol–water partition coefficient (Wildman–Crippen LogP) is 5.95. The molecule has 0 saturated heterocycles. The standard InChI is InChI=1S/C31H27OP2/c32-34(30-22-12-4-13-23-30,31-24-14-5-15-25-31)26-33(27-16-6-1-7-17-27,28-18-8-2-9-19-28)29-20-10-3-11-21-29/h1-25H,26H2/q+1. The van der Waals surface area contributed by atoms with Crippen LogP contribution in [0, 0.1) is 0 Å². The Morgan fingerprint density at radius 2 is 0.676 bits per heavy atom. The van der Waals surface area contributed by atoms with Gasteiger partial charge in [0.2, 0.25) is 0 Å². The normalized spacial score (nSPS) is 11.8. The van der Waals surface area contributed by atoms with Gasteiger partial charge >= 0.3 is 0 Å². The lowest BCUT2D eigenvalue weighted by molar-refractivity contribution is 0.589. The second kappa shape index (κ2) is 9.94. The van der Waals surface area contributed by atoms with Gasteiger partial charge < -0.3 is 4.57 Å². The summed E-state index contributed by atoms with van der Waals surface area (Å²) in [7, 11) is -5.26. The summed E-state index contributed by atoms with van der Waals surface area (Å²) in [6.45, 7) is 0. The Balaban J connectivity index is 1.84. The zero-order valence-electron chi connectivity index (χ0n) is 18.9. The molecular weight excluding hydrogens is 450 g/mol. The maximum atomic E-state index is 15.4. The monoisotopic (exact) mass is 477 g/mol. The van der Waals surface area contributed by atoms with Gasteiger partial charge in [-0.05, 0) is 36.4 Å². The molecule has 0 heterocycles. The van der Waals surface area contributed by atoms with Gasteiger partial charge in [-0.1, -0.05) is 115 Å². The van der Waals surface area contributed by atoms with Crippen LogP contribution in [0.15, 0.2) is 152 Å². The number of benzene rings is 5. The Labute approximate surface area is 202 Å². The molecule has 0 aliphatic carbocycles. The molecule has 0 spiro atoms. The van der Waals surface area contributed by atoms with Crippen molar-refractivity contribution in [3.8, 4) is 0 Å².